The molecule has 1 heterocycles. The summed E-state index contributed by atoms with van der Waals surface area (Å²) in [4.78, 5) is 23.6. The SMILES string of the molecule is COc1ccc(C(CC(=O)c2ccc(F)cc2)Cc2onc(C)c2[N+](=O)[O-])cc1. The van der Waals surface area contributed by atoms with Crippen LogP contribution in [0.25, 0.3) is 0 Å². The average Bonchev–Trinajstić information content (AvgIpc) is 3.08. The summed E-state index contributed by atoms with van der Waals surface area (Å²) in [6.45, 7) is 1.50. The average molecular weight is 398 g/mol. The Morgan fingerprint density at radius 1 is 1.21 bits per heavy atom. The van der Waals surface area contributed by atoms with Crippen LogP contribution in [-0.4, -0.2) is 23.0 Å². The molecule has 0 radical (unpaired) electrons. The molecular weight excluding hydrogens is 379 g/mol. The van der Waals surface area contributed by atoms with Gasteiger partial charge in [-0.05, 0) is 54.8 Å². The summed E-state index contributed by atoms with van der Waals surface area (Å²) in [5, 5.41) is 15.1. The van der Waals surface area contributed by atoms with Crippen LogP contribution in [0.1, 0.15) is 39.7 Å². The van der Waals surface area contributed by atoms with Crippen molar-refractivity contribution in [1.29, 1.82) is 0 Å². The first kappa shape index (κ1) is 20.2. The fourth-order valence-electron chi connectivity index (χ4n) is 3.16. The van der Waals surface area contributed by atoms with Crippen molar-refractivity contribution in [3.63, 3.8) is 0 Å². The van der Waals surface area contributed by atoms with Crippen molar-refractivity contribution in [2.45, 2.75) is 25.7 Å². The van der Waals surface area contributed by atoms with Crippen molar-refractivity contribution >= 4 is 11.5 Å². The van der Waals surface area contributed by atoms with Crippen LogP contribution in [0.5, 0.6) is 5.75 Å². The quantitative estimate of drug-likeness (QED) is 0.312. The van der Waals surface area contributed by atoms with Gasteiger partial charge in [0.2, 0.25) is 5.76 Å². The second-order valence-electron chi connectivity index (χ2n) is 6.61. The first-order valence-corrected chi connectivity index (χ1v) is 8.91. The molecule has 0 amide bonds. The molecule has 2 aromatic carbocycles. The molecule has 0 aliphatic heterocycles. The van der Waals surface area contributed by atoms with Crippen molar-refractivity contribution in [2.24, 2.45) is 0 Å². The molecule has 3 rings (SSSR count). The van der Waals surface area contributed by atoms with Gasteiger partial charge in [0.05, 0.1) is 12.0 Å². The molecular formula is C21H19FN2O5. The number of aryl methyl sites for hydroxylation is 1. The molecule has 150 valence electrons. The van der Waals surface area contributed by atoms with Crippen LogP contribution in [-0.2, 0) is 6.42 Å². The minimum atomic E-state index is -0.534. The normalized spacial score (nSPS) is 11.8. The summed E-state index contributed by atoms with van der Waals surface area (Å²) in [7, 11) is 1.55. The molecule has 29 heavy (non-hydrogen) atoms. The van der Waals surface area contributed by atoms with Crippen LogP contribution in [0.15, 0.2) is 53.1 Å². The standard InChI is InChI=1S/C21H19FN2O5/c1-13-21(24(26)27)20(29-23-13)12-16(14-5-9-18(28-2)10-6-14)11-19(25)15-3-7-17(22)8-4-15/h3-10,16H,11-12H2,1-2H3. The number of aromatic nitrogens is 1. The van der Waals surface area contributed by atoms with Crippen LogP contribution in [0.2, 0.25) is 0 Å². The lowest BCUT2D eigenvalue weighted by molar-refractivity contribution is -0.386. The van der Waals surface area contributed by atoms with E-state index in [4.69, 9.17) is 9.26 Å². The zero-order chi connectivity index (χ0) is 21.0. The van der Waals surface area contributed by atoms with Crippen molar-refractivity contribution in [1.82, 2.24) is 5.16 Å². The van der Waals surface area contributed by atoms with E-state index in [-0.39, 0.29) is 35.8 Å². The summed E-state index contributed by atoms with van der Waals surface area (Å²) in [6.07, 6.45) is 0.186. The fourth-order valence-corrected chi connectivity index (χ4v) is 3.16. The van der Waals surface area contributed by atoms with Gasteiger partial charge in [-0.2, -0.15) is 0 Å². The molecule has 0 saturated carbocycles. The van der Waals surface area contributed by atoms with Gasteiger partial charge in [-0.25, -0.2) is 4.39 Å². The predicted octanol–water partition coefficient (Wildman–Crippen LogP) is 4.64. The number of Topliss-reactive ketones (excluding diaryl/α,β-unsaturated/α-hetero) is 1. The number of nitrogens with zero attached hydrogens (tertiary/aromatic N) is 2. The zero-order valence-corrected chi connectivity index (χ0v) is 15.9. The van der Waals surface area contributed by atoms with Crippen molar-refractivity contribution < 1.29 is 23.4 Å². The van der Waals surface area contributed by atoms with Gasteiger partial charge in [0.15, 0.2) is 11.5 Å². The molecule has 0 N–H and O–H groups in total. The van der Waals surface area contributed by atoms with E-state index in [1.807, 2.05) is 0 Å². The molecule has 0 aliphatic rings. The maximum absolute atomic E-state index is 13.2. The Morgan fingerprint density at radius 2 is 1.86 bits per heavy atom. The second kappa shape index (κ2) is 8.64. The van der Waals surface area contributed by atoms with Crippen LogP contribution in [0.4, 0.5) is 10.1 Å². The number of carbonyl (C=O) groups is 1. The largest absolute Gasteiger partial charge is 0.497 e. The van der Waals surface area contributed by atoms with Crippen molar-refractivity contribution in [3.05, 3.63) is 87.0 Å². The summed E-state index contributed by atoms with van der Waals surface area (Å²) in [5.41, 5.74) is 1.17. The number of ketones is 1. The van der Waals surface area contributed by atoms with E-state index in [1.165, 1.54) is 31.2 Å². The van der Waals surface area contributed by atoms with E-state index >= 15 is 0 Å². The lowest BCUT2D eigenvalue weighted by atomic mass is 9.88. The van der Waals surface area contributed by atoms with Crippen LogP contribution in [0, 0.1) is 22.9 Å². The molecule has 1 aromatic heterocycles. The number of carbonyl (C=O) groups excluding carboxylic acids is 1. The summed E-state index contributed by atoms with van der Waals surface area (Å²) >= 11 is 0. The smallest absolute Gasteiger partial charge is 0.334 e. The van der Waals surface area contributed by atoms with Crippen LogP contribution >= 0.6 is 0 Å². The second-order valence-corrected chi connectivity index (χ2v) is 6.61. The molecule has 0 fully saturated rings. The molecule has 1 unspecified atom stereocenters. The Balaban J connectivity index is 1.92. The molecule has 0 bridgehead atoms. The lowest BCUT2D eigenvalue weighted by Crippen LogP contribution is -2.11. The van der Waals surface area contributed by atoms with Gasteiger partial charge >= 0.3 is 5.69 Å². The maximum atomic E-state index is 13.2. The van der Waals surface area contributed by atoms with E-state index in [9.17, 15) is 19.3 Å². The van der Waals surface area contributed by atoms with E-state index in [0.29, 0.717) is 11.3 Å². The minimum Gasteiger partial charge on any atom is -0.497 e. The zero-order valence-electron chi connectivity index (χ0n) is 15.9. The Labute approximate surface area is 166 Å². The highest BCUT2D eigenvalue weighted by molar-refractivity contribution is 5.96. The highest BCUT2D eigenvalue weighted by atomic mass is 19.1. The van der Waals surface area contributed by atoms with E-state index < -0.39 is 16.7 Å². The molecule has 8 heteroatoms. The fraction of sp³-hybridized carbons (Fsp3) is 0.238. The van der Waals surface area contributed by atoms with E-state index in [0.717, 1.165) is 5.56 Å². The summed E-state index contributed by atoms with van der Waals surface area (Å²) < 4.78 is 23.5. The van der Waals surface area contributed by atoms with Crippen LogP contribution < -0.4 is 4.74 Å². The van der Waals surface area contributed by atoms with Gasteiger partial charge in [-0.3, -0.25) is 14.9 Å². The first-order valence-electron chi connectivity index (χ1n) is 8.91. The number of halogens is 1. The van der Waals surface area contributed by atoms with E-state index in [1.54, 1.807) is 31.4 Å². The molecule has 0 aliphatic carbocycles. The number of benzene rings is 2. The highest BCUT2D eigenvalue weighted by Crippen LogP contribution is 2.32. The Kier molecular flexibility index (Phi) is 6.01. The number of hydrogen-bond donors (Lipinski definition) is 0. The number of hydrogen-bond acceptors (Lipinski definition) is 6. The summed E-state index contributed by atoms with van der Waals surface area (Å²) in [6, 6.07) is 12.4. The number of methoxy groups -OCH3 is 1. The Morgan fingerprint density at radius 3 is 2.45 bits per heavy atom. The Bertz CT molecular complexity index is 1010. The molecule has 3 aromatic rings. The number of ether oxygens (including phenoxy) is 1. The van der Waals surface area contributed by atoms with Gasteiger partial charge in [-0.1, -0.05) is 17.3 Å². The van der Waals surface area contributed by atoms with Gasteiger partial charge in [0.1, 0.15) is 11.6 Å². The number of rotatable bonds is 8. The maximum Gasteiger partial charge on any atom is 0.334 e. The van der Waals surface area contributed by atoms with Crippen molar-refractivity contribution in [3.8, 4) is 5.75 Å². The third-order valence-corrected chi connectivity index (χ3v) is 4.70. The topological polar surface area (TPSA) is 95.5 Å². The van der Waals surface area contributed by atoms with Gasteiger partial charge in [-0.15, -0.1) is 0 Å². The third-order valence-electron chi connectivity index (χ3n) is 4.70. The lowest BCUT2D eigenvalue weighted by Gasteiger charge is -2.16. The first-order chi connectivity index (χ1) is 13.9. The van der Waals surface area contributed by atoms with Gasteiger partial charge in [0, 0.05) is 18.4 Å². The van der Waals surface area contributed by atoms with Gasteiger partial charge in [0.25, 0.3) is 0 Å². The number of nitro groups is 1. The predicted molar refractivity (Wildman–Crippen MR) is 103 cm³/mol. The van der Waals surface area contributed by atoms with Crippen LogP contribution in [0.3, 0.4) is 0 Å². The third kappa shape index (κ3) is 4.66. The van der Waals surface area contributed by atoms with Gasteiger partial charge < -0.3 is 9.26 Å². The molecule has 0 spiro atoms. The minimum absolute atomic E-state index is 0.0643. The summed E-state index contributed by atoms with van der Waals surface area (Å²) in [5.74, 6) is -0.269. The van der Waals surface area contributed by atoms with Crippen molar-refractivity contribution in [2.75, 3.05) is 7.11 Å². The highest BCUT2D eigenvalue weighted by Gasteiger charge is 2.28. The molecule has 0 saturated heterocycles. The van der Waals surface area contributed by atoms with E-state index in [2.05, 4.69) is 5.16 Å². The molecule has 7 nitrogen and oxygen atoms in total. The monoisotopic (exact) mass is 398 g/mol. The Hall–Kier alpha value is -3.55. The molecule has 1 atom stereocenters.